The molecule has 1 amide bonds. The van der Waals surface area contributed by atoms with Gasteiger partial charge in [-0.3, -0.25) is 4.79 Å². The average molecular weight is 556 g/mol. The minimum Gasteiger partial charge on any atom is -0.481 e. The number of hydrogen-bond donors (Lipinski definition) is 2. The SMILES string of the molecule is C=C(C)[C@@H]1CC[C@]2(C(=O)O)CC[C@]3(C)[C@H](CC[C@@H]4[C@@]5(C)CC[C@H](OC(=O)N6CC(O)C6)C(C)(C)[C@@H]5CC[C@]43C)[C@@H]12. The van der Waals surface area contributed by atoms with Gasteiger partial charge in [-0.25, -0.2) is 4.79 Å². The maximum Gasteiger partial charge on any atom is 0.410 e. The number of aliphatic hydroxyl groups is 1. The van der Waals surface area contributed by atoms with Crippen molar-refractivity contribution in [2.75, 3.05) is 13.1 Å². The van der Waals surface area contributed by atoms with E-state index >= 15 is 0 Å². The number of amides is 1. The van der Waals surface area contributed by atoms with Crippen molar-refractivity contribution in [3.63, 3.8) is 0 Å². The second-order valence-corrected chi connectivity index (χ2v) is 16.4. The topological polar surface area (TPSA) is 87.1 Å². The number of aliphatic carboxylic acids is 1. The Labute approximate surface area is 241 Å². The molecular weight excluding hydrogens is 502 g/mol. The van der Waals surface area contributed by atoms with Crippen LogP contribution in [-0.2, 0) is 9.53 Å². The fraction of sp³-hybridized carbons (Fsp3) is 0.882. The van der Waals surface area contributed by atoms with Crippen molar-refractivity contribution in [3.05, 3.63) is 12.2 Å². The zero-order valence-electron chi connectivity index (χ0n) is 25.8. The predicted molar refractivity (Wildman–Crippen MR) is 154 cm³/mol. The summed E-state index contributed by atoms with van der Waals surface area (Å²) >= 11 is 0. The summed E-state index contributed by atoms with van der Waals surface area (Å²) < 4.78 is 6.15. The van der Waals surface area contributed by atoms with Gasteiger partial charge < -0.3 is 19.8 Å². The van der Waals surface area contributed by atoms with E-state index in [-0.39, 0.29) is 39.8 Å². The number of rotatable bonds is 3. The van der Waals surface area contributed by atoms with Gasteiger partial charge in [0.2, 0.25) is 0 Å². The summed E-state index contributed by atoms with van der Waals surface area (Å²) in [6.07, 6.45) is 9.36. The normalized spacial score (nSPS) is 49.5. The number of β-amino-alcohol motifs (C(OH)–C–C–N with tert-alkyl or cyclic N) is 1. The van der Waals surface area contributed by atoms with Crippen LogP contribution in [0.5, 0.6) is 0 Å². The van der Waals surface area contributed by atoms with E-state index < -0.39 is 17.5 Å². The van der Waals surface area contributed by atoms with Crippen molar-refractivity contribution >= 4 is 12.1 Å². The molecular formula is C34H53NO5. The number of hydrogen-bond acceptors (Lipinski definition) is 4. The van der Waals surface area contributed by atoms with Crippen LogP contribution in [-0.4, -0.2) is 52.5 Å². The lowest BCUT2D eigenvalue weighted by atomic mass is 9.32. The van der Waals surface area contributed by atoms with E-state index in [0.717, 1.165) is 57.8 Å². The number of ether oxygens (including phenoxy) is 1. The van der Waals surface area contributed by atoms with Crippen molar-refractivity contribution in [2.24, 2.45) is 56.7 Å². The van der Waals surface area contributed by atoms with Crippen molar-refractivity contribution in [3.8, 4) is 0 Å². The van der Waals surface area contributed by atoms with Gasteiger partial charge in [-0.2, -0.15) is 0 Å². The molecule has 1 heterocycles. The van der Waals surface area contributed by atoms with Gasteiger partial charge in [-0.1, -0.05) is 46.8 Å². The first-order valence-corrected chi connectivity index (χ1v) is 16.1. The molecule has 0 aromatic heterocycles. The highest BCUT2D eigenvalue weighted by atomic mass is 16.6. The molecule has 40 heavy (non-hydrogen) atoms. The highest BCUT2D eigenvalue weighted by Gasteiger charge is 2.72. The number of allylic oxidation sites excluding steroid dienone is 1. The number of fused-ring (bicyclic) bond motifs is 7. The third kappa shape index (κ3) is 3.56. The number of carbonyl (C=O) groups is 2. The molecule has 0 aromatic rings. The lowest BCUT2D eigenvalue weighted by molar-refractivity contribution is -0.248. The second-order valence-electron chi connectivity index (χ2n) is 16.4. The van der Waals surface area contributed by atoms with Crippen LogP contribution in [0.25, 0.3) is 0 Å². The summed E-state index contributed by atoms with van der Waals surface area (Å²) in [5.74, 6) is 1.46. The number of carbonyl (C=O) groups excluding carboxylic acids is 1. The number of aliphatic hydroxyl groups excluding tert-OH is 1. The highest BCUT2D eigenvalue weighted by molar-refractivity contribution is 5.76. The van der Waals surface area contributed by atoms with Crippen LogP contribution in [0.4, 0.5) is 4.79 Å². The Morgan fingerprint density at radius 3 is 2.17 bits per heavy atom. The molecule has 0 radical (unpaired) electrons. The molecule has 1 saturated heterocycles. The molecule has 10 atom stereocenters. The van der Waals surface area contributed by atoms with Gasteiger partial charge in [-0.05, 0) is 117 Å². The molecule has 6 fully saturated rings. The molecule has 1 aliphatic heterocycles. The Balaban J connectivity index is 1.29. The first kappa shape index (κ1) is 28.6. The molecule has 0 unspecified atom stereocenters. The van der Waals surface area contributed by atoms with Crippen LogP contribution >= 0.6 is 0 Å². The lowest BCUT2D eigenvalue weighted by Crippen LogP contribution is -2.67. The minimum absolute atomic E-state index is 0.104. The van der Waals surface area contributed by atoms with E-state index in [1.54, 1.807) is 4.90 Å². The summed E-state index contributed by atoms with van der Waals surface area (Å²) in [5.41, 5.74) is 0.952. The largest absolute Gasteiger partial charge is 0.481 e. The average Bonchev–Trinajstić information content (AvgIpc) is 3.26. The zero-order chi connectivity index (χ0) is 29.0. The lowest BCUT2D eigenvalue weighted by Gasteiger charge is -2.72. The van der Waals surface area contributed by atoms with E-state index in [0.29, 0.717) is 36.8 Å². The number of nitrogens with zero attached hydrogens (tertiary/aromatic N) is 1. The first-order chi connectivity index (χ1) is 18.6. The Kier molecular flexibility index (Phi) is 6.40. The fourth-order valence-electron chi connectivity index (χ4n) is 12.5. The summed E-state index contributed by atoms with van der Waals surface area (Å²) in [6.45, 7) is 19.6. The summed E-state index contributed by atoms with van der Waals surface area (Å²) in [7, 11) is 0. The summed E-state index contributed by atoms with van der Waals surface area (Å²) in [4.78, 5) is 27.3. The third-order valence-corrected chi connectivity index (χ3v) is 14.8. The van der Waals surface area contributed by atoms with Gasteiger partial charge in [0.15, 0.2) is 0 Å². The van der Waals surface area contributed by atoms with Crippen LogP contribution in [0.3, 0.4) is 0 Å². The van der Waals surface area contributed by atoms with Crippen LogP contribution in [0.2, 0.25) is 0 Å². The molecule has 6 nitrogen and oxygen atoms in total. The van der Waals surface area contributed by atoms with Crippen LogP contribution in [0.1, 0.15) is 106 Å². The number of carboxylic acid groups (broad SMARTS) is 1. The third-order valence-electron chi connectivity index (χ3n) is 14.8. The van der Waals surface area contributed by atoms with E-state index in [4.69, 9.17) is 4.74 Å². The monoisotopic (exact) mass is 555 g/mol. The van der Waals surface area contributed by atoms with Crippen molar-refractivity contribution in [1.29, 1.82) is 0 Å². The summed E-state index contributed by atoms with van der Waals surface area (Å²) in [6, 6.07) is 0. The molecule has 6 aliphatic rings. The van der Waals surface area contributed by atoms with Gasteiger partial charge in [0.25, 0.3) is 0 Å². The number of carboxylic acids is 1. The second kappa shape index (κ2) is 8.97. The molecule has 6 rings (SSSR count). The Bertz CT molecular complexity index is 1100. The van der Waals surface area contributed by atoms with Gasteiger partial charge in [0.1, 0.15) is 6.10 Å². The molecule has 6 heteroatoms. The van der Waals surface area contributed by atoms with Crippen molar-refractivity contribution in [1.82, 2.24) is 4.90 Å². The van der Waals surface area contributed by atoms with Crippen LogP contribution < -0.4 is 0 Å². The van der Waals surface area contributed by atoms with Crippen LogP contribution in [0, 0.1) is 56.7 Å². The predicted octanol–water partition coefficient (Wildman–Crippen LogP) is 6.91. The highest BCUT2D eigenvalue weighted by Crippen LogP contribution is 2.77. The Morgan fingerprint density at radius 2 is 1.55 bits per heavy atom. The molecule has 224 valence electrons. The maximum atomic E-state index is 12.9. The van der Waals surface area contributed by atoms with Crippen molar-refractivity contribution < 1.29 is 24.5 Å². The first-order valence-electron chi connectivity index (χ1n) is 16.1. The van der Waals surface area contributed by atoms with E-state index in [9.17, 15) is 19.8 Å². The Morgan fingerprint density at radius 1 is 0.850 bits per heavy atom. The van der Waals surface area contributed by atoms with Gasteiger partial charge in [0.05, 0.1) is 24.6 Å². The van der Waals surface area contributed by atoms with Gasteiger partial charge in [0, 0.05) is 5.41 Å². The molecule has 0 aromatic carbocycles. The molecule has 0 bridgehead atoms. The quantitative estimate of drug-likeness (QED) is 0.370. The Hall–Kier alpha value is -1.56. The summed E-state index contributed by atoms with van der Waals surface area (Å²) in [5, 5.41) is 20.2. The van der Waals surface area contributed by atoms with E-state index in [2.05, 4.69) is 48.1 Å². The zero-order valence-corrected chi connectivity index (χ0v) is 25.8. The van der Waals surface area contributed by atoms with E-state index in [1.165, 1.54) is 12.0 Å². The molecule has 5 saturated carbocycles. The van der Waals surface area contributed by atoms with Crippen LogP contribution in [0.15, 0.2) is 12.2 Å². The van der Waals surface area contributed by atoms with Gasteiger partial charge >= 0.3 is 12.1 Å². The smallest absolute Gasteiger partial charge is 0.410 e. The maximum absolute atomic E-state index is 12.9. The molecule has 0 spiro atoms. The fourth-order valence-corrected chi connectivity index (χ4v) is 12.5. The van der Waals surface area contributed by atoms with Gasteiger partial charge in [-0.15, -0.1) is 0 Å². The molecule has 2 N–H and O–H groups in total. The minimum atomic E-state index is -0.575. The number of likely N-dealkylation sites (tertiary alicyclic amines) is 1. The molecule has 5 aliphatic carbocycles. The van der Waals surface area contributed by atoms with Crippen molar-refractivity contribution in [2.45, 2.75) is 118 Å². The van der Waals surface area contributed by atoms with E-state index in [1.807, 2.05) is 0 Å². The standard InChI is InChI=1S/C34H53NO5/c1-20(2)22-10-15-34(28(37)38)17-16-32(6)23(27(22)34)8-9-25-31(5)13-12-26(40-29(39)35-18-21(36)19-35)30(3,4)24(31)11-14-33(25,32)7/h21-27,36H,1,8-19H2,2-7H3,(H,37,38)/t22-,23+,24-,25+,26-,27+,31-,32+,33+,34-/m0/s1.